The summed E-state index contributed by atoms with van der Waals surface area (Å²) in [6.07, 6.45) is 0. The van der Waals surface area contributed by atoms with Gasteiger partial charge < -0.3 is 26.3 Å². The van der Waals surface area contributed by atoms with Crippen molar-refractivity contribution in [2.24, 2.45) is 0 Å². The van der Waals surface area contributed by atoms with Gasteiger partial charge in [-0.2, -0.15) is 0 Å². The average molecular weight is 397 g/mol. The molecule has 0 aromatic carbocycles. The second-order valence-corrected chi connectivity index (χ2v) is 0.429. The summed E-state index contributed by atoms with van der Waals surface area (Å²) in [4.78, 5) is 0. The summed E-state index contributed by atoms with van der Waals surface area (Å²) in [7, 11) is 0. The molecule has 7 heteroatoms. The van der Waals surface area contributed by atoms with E-state index in [4.69, 9.17) is 0 Å². The van der Waals surface area contributed by atoms with E-state index in [1.807, 2.05) is 0 Å². The molecule has 0 saturated heterocycles. The largest absolute Gasteiger partial charge is 0.385 e. The zero-order valence-corrected chi connectivity index (χ0v) is 5.76. The third-order valence-electron chi connectivity index (χ3n) is 0. The van der Waals surface area contributed by atoms with Gasteiger partial charge in [0.2, 0.25) is 0 Å². The fourth-order valence-corrected chi connectivity index (χ4v) is 0. The average Bonchev–Trinajstić information content (AvgIpc) is 1.25. The van der Waals surface area contributed by atoms with Crippen LogP contribution >= 0.6 is 0 Å². The van der Waals surface area contributed by atoms with E-state index in [2.05, 4.69) is 0 Å². The minimum atomic E-state index is -3.08. The molecule has 0 atom stereocenters. The first-order valence-corrected chi connectivity index (χ1v) is 1.13. The first-order valence-electron chi connectivity index (χ1n) is 1.13. The molecular weight excluding hydrogens is 397 g/mol. The summed E-state index contributed by atoms with van der Waals surface area (Å²) in [6.45, 7) is -6.17. The van der Waals surface area contributed by atoms with Crippen LogP contribution in [0.2, 0.25) is 0 Å². The molecule has 9 heavy (non-hydrogen) atoms. The van der Waals surface area contributed by atoms with E-state index in [-0.39, 0.29) is 0 Å². The van der Waals surface area contributed by atoms with Crippen molar-refractivity contribution in [2.75, 3.05) is 0 Å². The molecule has 0 amide bonds. The van der Waals surface area contributed by atoms with E-state index >= 15 is 0 Å². The second-order valence-electron chi connectivity index (χ2n) is 0.429. The van der Waals surface area contributed by atoms with Crippen LogP contribution in [0.4, 0.5) is 26.3 Å². The van der Waals surface area contributed by atoms with Crippen molar-refractivity contribution in [2.45, 2.75) is 0 Å². The Morgan fingerprint density at radius 3 is 0.556 bits per heavy atom. The maximum Gasteiger partial charge on any atom is 0.154 e. The molecule has 0 N–H and O–H groups in total. The molecule has 0 fully saturated rings. The molecule has 0 spiro atoms. The van der Waals surface area contributed by atoms with Gasteiger partial charge in [-0.1, -0.05) is 0 Å². The zero-order valence-electron chi connectivity index (χ0n) is 3.54. The second kappa shape index (κ2) is 9.77. The Bertz CT molecular complexity index is 26.5. The molecule has 0 rings (SSSR count). The van der Waals surface area contributed by atoms with Crippen LogP contribution in [0.3, 0.4) is 0 Å². The summed E-state index contributed by atoms with van der Waals surface area (Å²) < 4.78 is 57.5. The molecule has 0 aromatic rings. The topological polar surface area (TPSA) is 0 Å². The van der Waals surface area contributed by atoms with Crippen molar-refractivity contribution in [1.82, 2.24) is 0 Å². The van der Waals surface area contributed by atoms with Gasteiger partial charge in [-0.05, 0) is 0 Å². The standard InChI is InChI=1S/2CF3.No/c2*2-1(3)4;/q2*-1;. The minimum absolute atomic E-state index is 0. The van der Waals surface area contributed by atoms with Crippen molar-refractivity contribution in [1.29, 1.82) is 0 Å². The van der Waals surface area contributed by atoms with Crippen molar-refractivity contribution < 1.29 is 26.3 Å². The van der Waals surface area contributed by atoms with Crippen molar-refractivity contribution in [3.05, 3.63) is 13.4 Å². The number of halogens is 6. The quantitative estimate of drug-likeness (QED) is 0.436. The Morgan fingerprint density at radius 1 is 0.556 bits per heavy atom. The van der Waals surface area contributed by atoms with Crippen LogP contribution in [0.1, 0.15) is 0 Å². The zero-order chi connectivity index (χ0) is 7.15. The molecule has 0 aliphatic rings. The summed E-state index contributed by atoms with van der Waals surface area (Å²) in [5, 5.41) is 0. The van der Waals surface area contributed by atoms with Gasteiger partial charge in [0.05, 0.1) is 0 Å². The predicted octanol–water partition coefficient (Wildman–Crippen LogP) is 2.68. The summed E-state index contributed by atoms with van der Waals surface area (Å²) in [5.74, 6) is 0. The minimum Gasteiger partial charge on any atom is -0.385 e. The van der Waals surface area contributed by atoms with E-state index < -0.39 is 13.4 Å². The van der Waals surface area contributed by atoms with Gasteiger partial charge in [-0.15, -0.1) is 0 Å². The van der Waals surface area contributed by atoms with Crippen molar-refractivity contribution in [3.8, 4) is 0 Å². The third kappa shape index (κ3) is 68.5. The molecule has 0 nitrogen and oxygen atoms in total. The third-order valence-corrected chi connectivity index (χ3v) is 0. The molecule has 0 aliphatic carbocycles. The maximum atomic E-state index is 9.58. The normalized spacial score (nSPS) is 8.00. The summed E-state index contributed by atoms with van der Waals surface area (Å²) in [6, 6.07) is 0. The van der Waals surface area contributed by atoms with E-state index in [1.165, 1.54) is 0 Å². The van der Waals surface area contributed by atoms with Crippen LogP contribution in [0.25, 0.3) is 0 Å². The van der Waals surface area contributed by atoms with Gasteiger partial charge in [0.1, 0.15) is 0 Å². The fourth-order valence-electron chi connectivity index (χ4n) is 0. The van der Waals surface area contributed by atoms with Crippen LogP contribution in [-0.2, 0) is 0 Å². The molecule has 0 radical (unpaired) electrons. The van der Waals surface area contributed by atoms with Gasteiger partial charge in [0.15, 0.2) is 13.4 Å². The van der Waals surface area contributed by atoms with E-state index in [1.54, 1.807) is 0 Å². The molecule has 66 valence electrons. The van der Waals surface area contributed by atoms with Gasteiger partial charge in [-0.3, -0.25) is 0 Å². The molecule has 0 aliphatic heterocycles. The molecule has 0 heterocycles. The van der Waals surface area contributed by atoms with E-state index in [0.717, 1.165) is 0 Å². The van der Waals surface area contributed by atoms with Gasteiger partial charge in [-0.25, -0.2) is 0 Å². The van der Waals surface area contributed by atoms with Crippen molar-refractivity contribution in [3.63, 3.8) is 0 Å². The number of hydrogen-bond donors (Lipinski definition) is 0. The molecule has 0 saturated carbocycles. The Labute approximate surface area is 41.1 Å². The van der Waals surface area contributed by atoms with Crippen molar-refractivity contribution >= 4 is 0 Å². The molecule has 0 unspecified atom stereocenters. The predicted molar refractivity (Wildman–Crippen MR) is 13.1 cm³/mol. The van der Waals surface area contributed by atoms with Crippen LogP contribution in [0, 0.1) is 13.4 Å². The van der Waals surface area contributed by atoms with Gasteiger partial charge in [0.25, 0.3) is 0 Å². The molecule has 0 bridgehead atoms. The van der Waals surface area contributed by atoms with Crippen LogP contribution in [-0.4, -0.2) is 0 Å². The Balaban J connectivity index is -0.0000000720. The fraction of sp³-hybridized carbons (Fsp3) is 0. The summed E-state index contributed by atoms with van der Waals surface area (Å²) in [5.41, 5.74) is 0. The Kier molecular flexibility index (Phi) is 17.0. The van der Waals surface area contributed by atoms with Crippen LogP contribution in [0.5, 0.6) is 0 Å². The maximum absolute atomic E-state index is 9.58. The first kappa shape index (κ1) is 15.6. The number of hydrogen-bond acceptors (Lipinski definition) is 0. The monoisotopic (exact) mass is 397 g/mol. The molecule has 0 aromatic heterocycles. The number of rotatable bonds is 0. The SMILES string of the molecule is F[C-](F)F.F[C-](F)F.[No]. The summed E-state index contributed by atoms with van der Waals surface area (Å²) >= 11 is 0. The van der Waals surface area contributed by atoms with E-state index in [9.17, 15) is 26.3 Å². The van der Waals surface area contributed by atoms with Crippen LogP contribution in [0.15, 0.2) is 0 Å². The molecular formula is C2F6No-2. The first-order chi connectivity index (χ1) is 3.46. The van der Waals surface area contributed by atoms with Gasteiger partial charge >= 0.3 is 0 Å². The Hall–Kier alpha value is -1.42. The van der Waals surface area contributed by atoms with Gasteiger partial charge in [0, 0.05) is 0 Å². The Morgan fingerprint density at radius 2 is 0.556 bits per heavy atom. The smallest absolute Gasteiger partial charge is 0.154 e. The van der Waals surface area contributed by atoms with E-state index in [0.29, 0.717) is 0 Å². The van der Waals surface area contributed by atoms with Crippen LogP contribution < -0.4 is 0 Å².